The van der Waals surface area contributed by atoms with Crippen LogP contribution in [0.3, 0.4) is 0 Å². The molecule has 0 atom stereocenters. The fourth-order valence-corrected chi connectivity index (χ4v) is 0.291. The first-order chi connectivity index (χ1) is 4.68. The molecule has 0 saturated heterocycles. The summed E-state index contributed by atoms with van der Waals surface area (Å²) in [7, 11) is 0. The molecule has 0 saturated carbocycles. The maximum atomic E-state index is 10.2. The van der Waals surface area contributed by atoms with E-state index in [0.29, 0.717) is 0 Å². The Bertz CT molecular complexity index is 130. The van der Waals surface area contributed by atoms with E-state index >= 15 is 0 Å². The molecule has 5 heteroatoms. The van der Waals surface area contributed by atoms with Gasteiger partial charge in [-0.2, -0.15) is 0 Å². The zero-order chi connectivity index (χ0) is 7.98. The number of Topliss-reactive ketones (excluding diaryl/α,β-unsaturated/α-hetero) is 1. The Morgan fingerprint density at radius 3 is 2.40 bits per heavy atom. The van der Waals surface area contributed by atoms with E-state index in [9.17, 15) is 9.59 Å². The summed E-state index contributed by atoms with van der Waals surface area (Å²) in [5.74, 6) is -2.52. The topological polar surface area (TPSA) is 83.8 Å². The second-order valence-electron chi connectivity index (χ2n) is 1.50. The molecular weight excluding hydrogens is 140 g/mol. The van der Waals surface area contributed by atoms with Gasteiger partial charge in [-0.25, -0.2) is 4.79 Å². The van der Waals surface area contributed by atoms with Crippen LogP contribution in [0.1, 0.15) is 0 Å². The molecule has 0 aliphatic heterocycles. The van der Waals surface area contributed by atoms with Gasteiger partial charge in [0.25, 0.3) is 5.78 Å². The molecule has 0 bridgehead atoms. The Balaban J connectivity index is 3.31. The van der Waals surface area contributed by atoms with Crippen LogP contribution in [0.15, 0.2) is 0 Å². The lowest BCUT2D eigenvalue weighted by Gasteiger charge is -1.95. The minimum Gasteiger partial charge on any atom is -0.475 e. The quantitative estimate of drug-likeness (QED) is 0.372. The lowest BCUT2D eigenvalue weighted by Crippen LogP contribution is -2.19. The number of hydrogen-bond acceptors (Lipinski definition) is 4. The average Bonchev–Trinajstić information content (AvgIpc) is 1.88. The van der Waals surface area contributed by atoms with Crippen molar-refractivity contribution >= 4 is 11.8 Å². The highest BCUT2D eigenvalue weighted by atomic mass is 16.5. The number of ketones is 1. The van der Waals surface area contributed by atoms with Gasteiger partial charge in [-0.3, -0.25) is 4.79 Å². The summed E-state index contributed by atoms with van der Waals surface area (Å²) in [6, 6.07) is 0. The third-order valence-corrected chi connectivity index (χ3v) is 0.707. The molecule has 10 heavy (non-hydrogen) atoms. The van der Waals surface area contributed by atoms with Gasteiger partial charge in [0.15, 0.2) is 0 Å². The van der Waals surface area contributed by atoms with Crippen LogP contribution in [0.5, 0.6) is 0 Å². The highest BCUT2D eigenvalue weighted by Gasteiger charge is 2.09. The summed E-state index contributed by atoms with van der Waals surface area (Å²) in [4.78, 5) is 20.0. The van der Waals surface area contributed by atoms with Crippen LogP contribution in [0, 0.1) is 0 Å². The number of hydrogen-bond donors (Lipinski definition) is 2. The van der Waals surface area contributed by atoms with Crippen LogP contribution in [-0.2, 0) is 14.3 Å². The summed E-state index contributed by atoms with van der Waals surface area (Å²) in [6.45, 7) is -0.707. The molecule has 0 fully saturated rings. The largest absolute Gasteiger partial charge is 0.475 e. The fourth-order valence-electron chi connectivity index (χ4n) is 0.291. The van der Waals surface area contributed by atoms with Crippen LogP contribution < -0.4 is 0 Å². The van der Waals surface area contributed by atoms with Crippen molar-refractivity contribution in [1.82, 2.24) is 0 Å². The normalized spacial score (nSPS) is 9.30. The van der Waals surface area contributed by atoms with Gasteiger partial charge in [-0.05, 0) is 0 Å². The van der Waals surface area contributed by atoms with Gasteiger partial charge < -0.3 is 14.9 Å². The highest BCUT2D eigenvalue weighted by molar-refractivity contribution is 6.33. The van der Waals surface area contributed by atoms with Crippen molar-refractivity contribution in [2.24, 2.45) is 0 Å². The smallest absolute Gasteiger partial charge is 0.374 e. The predicted octanol–water partition coefficient (Wildman–Crippen LogP) is -1.35. The van der Waals surface area contributed by atoms with E-state index in [2.05, 4.69) is 4.74 Å². The molecule has 0 rings (SSSR count). The van der Waals surface area contributed by atoms with Crippen molar-refractivity contribution in [1.29, 1.82) is 0 Å². The van der Waals surface area contributed by atoms with E-state index in [0.717, 1.165) is 0 Å². The first kappa shape index (κ1) is 9.06. The number of aliphatic hydroxyl groups is 1. The molecule has 0 aliphatic rings. The van der Waals surface area contributed by atoms with Gasteiger partial charge >= 0.3 is 5.97 Å². The number of carbonyl (C=O) groups excluding carboxylic acids is 1. The minimum atomic E-state index is -1.52. The van der Waals surface area contributed by atoms with Gasteiger partial charge in [0.05, 0.1) is 13.2 Å². The Hall–Kier alpha value is -0.940. The highest BCUT2D eigenvalue weighted by Crippen LogP contribution is 1.76. The summed E-state index contributed by atoms with van der Waals surface area (Å²) in [6.07, 6.45) is 0. The summed E-state index contributed by atoms with van der Waals surface area (Å²) in [5, 5.41) is 16.1. The molecular formula is C5H8O5. The molecule has 0 aromatic carbocycles. The molecule has 0 aliphatic carbocycles. The van der Waals surface area contributed by atoms with Gasteiger partial charge in [0.1, 0.15) is 6.61 Å². The molecule has 0 spiro atoms. The SMILES string of the molecule is O=C(O)C(=O)COCCO. The number of carboxylic acid groups (broad SMARTS) is 1. The maximum absolute atomic E-state index is 10.2. The molecule has 5 nitrogen and oxygen atoms in total. The monoisotopic (exact) mass is 148 g/mol. The fraction of sp³-hybridized carbons (Fsp3) is 0.600. The Morgan fingerprint density at radius 1 is 1.40 bits per heavy atom. The number of carboxylic acids is 1. The molecule has 0 aromatic rings. The van der Waals surface area contributed by atoms with Gasteiger partial charge in [0.2, 0.25) is 0 Å². The standard InChI is InChI=1S/C5H8O5/c6-1-2-10-3-4(7)5(8)9/h6H,1-3H2,(H,8,9). The summed E-state index contributed by atoms with van der Waals surface area (Å²) in [5.41, 5.74) is 0. The van der Waals surface area contributed by atoms with Crippen LogP contribution in [0.25, 0.3) is 0 Å². The lowest BCUT2D eigenvalue weighted by molar-refractivity contribution is -0.151. The number of ether oxygens (including phenoxy) is 1. The molecule has 0 heterocycles. The third kappa shape index (κ3) is 3.99. The molecule has 2 N–H and O–H groups in total. The van der Waals surface area contributed by atoms with E-state index in [1.54, 1.807) is 0 Å². The zero-order valence-electron chi connectivity index (χ0n) is 5.24. The average molecular weight is 148 g/mol. The van der Waals surface area contributed by atoms with E-state index in [4.69, 9.17) is 10.2 Å². The first-order valence-electron chi connectivity index (χ1n) is 2.63. The minimum absolute atomic E-state index is 0.0149. The molecule has 58 valence electrons. The lowest BCUT2D eigenvalue weighted by atomic mass is 10.4. The third-order valence-electron chi connectivity index (χ3n) is 0.707. The Morgan fingerprint density at radius 2 is 2.00 bits per heavy atom. The van der Waals surface area contributed by atoms with Crippen molar-refractivity contribution in [2.75, 3.05) is 19.8 Å². The molecule has 0 unspecified atom stereocenters. The number of rotatable bonds is 5. The van der Waals surface area contributed by atoms with Crippen molar-refractivity contribution in [3.05, 3.63) is 0 Å². The van der Waals surface area contributed by atoms with E-state index in [1.807, 2.05) is 0 Å². The van der Waals surface area contributed by atoms with Crippen LogP contribution in [-0.4, -0.2) is 41.8 Å². The van der Waals surface area contributed by atoms with E-state index in [-0.39, 0.29) is 13.2 Å². The number of aliphatic carboxylic acids is 1. The van der Waals surface area contributed by atoms with Crippen LogP contribution >= 0.6 is 0 Å². The first-order valence-corrected chi connectivity index (χ1v) is 2.63. The zero-order valence-corrected chi connectivity index (χ0v) is 5.24. The van der Waals surface area contributed by atoms with Crippen molar-refractivity contribution in [2.45, 2.75) is 0 Å². The Kier molecular flexibility index (Phi) is 4.43. The van der Waals surface area contributed by atoms with E-state index in [1.165, 1.54) is 0 Å². The van der Waals surface area contributed by atoms with Gasteiger partial charge in [-0.15, -0.1) is 0 Å². The molecule has 0 amide bonds. The van der Waals surface area contributed by atoms with Crippen molar-refractivity contribution in [3.63, 3.8) is 0 Å². The van der Waals surface area contributed by atoms with Gasteiger partial charge in [-0.1, -0.05) is 0 Å². The summed E-state index contributed by atoms with van der Waals surface area (Å²) >= 11 is 0. The number of aliphatic hydroxyl groups excluding tert-OH is 1. The Labute approximate surface area is 57.2 Å². The second kappa shape index (κ2) is 4.89. The maximum Gasteiger partial charge on any atom is 0.374 e. The van der Waals surface area contributed by atoms with E-state index < -0.39 is 18.4 Å². The summed E-state index contributed by atoms with van der Waals surface area (Å²) < 4.78 is 4.43. The predicted molar refractivity (Wildman–Crippen MR) is 30.5 cm³/mol. The van der Waals surface area contributed by atoms with Crippen LogP contribution in [0.2, 0.25) is 0 Å². The molecule has 0 aromatic heterocycles. The van der Waals surface area contributed by atoms with Crippen LogP contribution in [0.4, 0.5) is 0 Å². The second-order valence-corrected chi connectivity index (χ2v) is 1.50. The van der Waals surface area contributed by atoms with Crippen molar-refractivity contribution in [3.8, 4) is 0 Å². The molecule has 0 radical (unpaired) electrons. The number of carbonyl (C=O) groups is 2. The van der Waals surface area contributed by atoms with Gasteiger partial charge in [0, 0.05) is 0 Å². The van der Waals surface area contributed by atoms with Crippen molar-refractivity contribution < 1.29 is 24.5 Å².